The van der Waals surface area contributed by atoms with E-state index in [2.05, 4.69) is 30.8 Å². The van der Waals surface area contributed by atoms with Crippen LogP contribution in [-0.4, -0.2) is 6.67 Å². The Morgan fingerprint density at radius 1 is 1.00 bits per heavy atom. The van der Waals surface area contributed by atoms with Crippen molar-refractivity contribution in [1.82, 2.24) is 0 Å². The average molecular weight is 176 g/mol. The Labute approximate surface area is 79.0 Å². The van der Waals surface area contributed by atoms with Gasteiger partial charge in [-0.1, -0.05) is 32.9 Å². The van der Waals surface area contributed by atoms with Crippen molar-refractivity contribution in [1.29, 1.82) is 0 Å². The Balaban J connectivity index is 0.000000184. The zero-order valence-electron chi connectivity index (χ0n) is 8.49. The van der Waals surface area contributed by atoms with Crippen molar-refractivity contribution in [3.63, 3.8) is 0 Å². The molecule has 2 rings (SSSR count). The Morgan fingerprint density at radius 3 is 1.77 bits per heavy atom. The van der Waals surface area contributed by atoms with E-state index < -0.39 is 0 Å². The lowest BCUT2D eigenvalue weighted by molar-refractivity contribution is 0.737. The van der Waals surface area contributed by atoms with Gasteiger partial charge in [-0.05, 0) is 18.1 Å². The average Bonchev–Trinajstić information content (AvgIpc) is 2.49. The molecule has 1 aromatic rings. The van der Waals surface area contributed by atoms with Gasteiger partial charge in [-0.15, -0.1) is 0 Å². The molecule has 0 spiro atoms. The Hall–Kier alpha value is -1.18. The van der Waals surface area contributed by atoms with Gasteiger partial charge in [0.25, 0.3) is 0 Å². The van der Waals surface area contributed by atoms with E-state index in [1.807, 2.05) is 24.3 Å². The highest BCUT2D eigenvalue weighted by Crippen LogP contribution is 1.81. The predicted octanol–water partition coefficient (Wildman–Crippen LogP) is 1.56. The summed E-state index contributed by atoms with van der Waals surface area (Å²) >= 11 is 0. The van der Waals surface area contributed by atoms with E-state index in [0.717, 1.165) is 16.6 Å². The predicted molar refractivity (Wildman–Crippen MR) is 54.1 cm³/mol. The summed E-state index contributed by atoms with van der Waals surface area (Å²) in [6.07, 6.45) is 0. The van der Waals surface area contributed by atoms with Crippen LogP contribution in [0.1, 0.15) is 20.8 Å². The number of rotatable bonds is 0. The molecule has 0 N–H and O–H groups in total. The summed E-state index contributed by atoms with van der Waals surface area (Å²) < 4.78 is 0. The SMILES string of the molecule is CC(C)C.c1ccc2c(c1)=NCN=2. The lowest BCUT2D eigenvalue weighted by Gasteiger charge is -1.79. The smallest absolute Gasteiger partial charge is 0.130 e. The molecule has 2 heteroatoms. The minimum atomic E-state index is 0.610. The van der Waals surface area contributed by atoms with Gasteiger partial charge in [0.05, 0.1) is 10.7 Å². The van der Waals surface area contributed by atoms with Gasteiger partial charge in [0, 0.05) is 0 Å². The molecule has 0 fully saturated rings. The second-order valence-corrected chi connectivity index (χ2v) is 3.68. The van der Waals surface area contributed by atoms with Gasteiger partial charge >= 0.3 is 0 Å². The summed E-state index contributed by atoms with van der Waals surface area (Å²) in [6.45, 7) is 7.11. The number of benzene rings is 1. The van der Waals surface area contributed by atoms with Gasteiger partial charge in [0.15, 0.2) is 0 Å². The summed E-state index contributed by atoms with van der Waals surface area (Å²) in [5, 5.41) is 2.05. The quantitative estimate of drug-likeness (QED) is 0.573. The molecule has 0 aromatic heterocycles. The summed E-state index contributed by atoms with van der Waals surface area (Å²) in [4.78, 5) is 8.27. The number of fused-ring (bicyclic) bond motifs is 1. The van der Waals surface area contributed by atoms with E-state index in [4.69, 9.17) is 0 Å². The maximum Gasteiger partial charge on any atom is 0.130 e. The topological polar surface area (TPSA) is 24.7 Å². The van der Waals surface area contributed by atoms with Gasteiger partial charge in [0.1, 0.15) is 6.67 Å². The van der Waals surface area contributed by atoms with Crippen LogP contribution in [0.2, 0.25) is 0 Å². The zero-order valence-corrected chi connectivity index (χ0v) is 8.49. The number of para-hydroxylation sites is 2. The third-order valence-corrected chi connectivity index (χ3v) is 1.36. The van der Waals surface area contributed by atoms with Crippen molar-refractivity contribution >= 4 is 0 Å². The molecule has 1 aliphatic heterocycles. The summed E-state index contributed by atoms with van der Waals surface area (Å²) in [5.41, 5.74) is 0. The number of hydrogen-bond donors (Lipinski definition) is 0. The fourth-order valence-electron chi connectivity index (χ4n) is 0.919. The van der Waals surface area contributed by atoms with Gasteiger partial charge < -0.3 is 0 Å². The maximum absolute atomic E-state index is 4.13. The first-order chi connectivity index (χ1) is 6.20. The molecule has 0 radical (unpaired) electrons. The van der Waals surface area contributed by atoms with Gasteiger partial charge in [-0.3, -0.25) is 9.98 Å². The highest BCUT2D eigenvalue weighted by atomic mass is 15.0. The molecular formula is C11H16N2. The minimum Gasteiger partial charge on any atom is -0.260 e. The molecule has 0 saturated carbocycles. The Bertz CT molecular complexity index is 330. The minimum absolute atomic E-state index is 0.610. The van der Waals surface area contributed by atoms with E-state index in [9.17, 15) is 0 Å². The molecule has 0 atom stereocenters. The second-order valence-electron chi connectivity index (χ2n) is 3.68. The normalized spacial score (nSPS) is 12.3. The lowest BCUT2D eigenvalue weighted by Crippen LogP contribution is -2.19. The number of nitrogens with zero attached hydrogens (tertiary/aromatic N) is 2. The third kappa shape index (κ3) is 3.36. The van der Waals surface area contributed by atoms with Crippen LogP contribution in [0.25, 0.3) is 0 Å². The van der Waals surface area contributed by atoms with Crippen LogP contribution in [0.15, 0.2) is 34.3 Å². The van der Waals surface area contributed by atoms with E-state index in [1.54, 1.807) is 0 Å². The van der Waals surface area contributed by atoms with Crippen LogP contribution >= 0.6 is 0 Å². The van der Waals surface area contributed by atoms with Crippen LogP contribution in [0.4, 0.5) is 0 Å². The molecule has 0 aliphatic carbocycles. The van der Waals surface area contributed by atoms with E-state index in [1.165, 1.54) is 0 Å². The van der Waals surface area contributed by atoms with Crippen LogP contribution < -0.4 is 10.7 Å². The summed E-state index contributed by atoms with van der Waals surface area (Å²) in [6, 6.07) is 7.91. The Kier molecular flexibility index (Phi) is 3.62. The lowest BCUT2D eigenvalue weighted by atomic mass is 10.3. The molecule has 0 bridgehead atoms. The first kappa shape index (κ1) is 9.90. The van der Waals surface area contributed by atoms with Gasteiger partial charge in [-0.2, -0.15) is 0 Å². The van der Waals surface area contributed by atoms with Crippen LogP contribution in [-0.2, 0) is 0 Å². The maximum atomic E-state index is 4.13. The molecule has 13 heavy (non-hydrogen) atoms. The third-order valence-electron chi connectivity index (χ3n) is 1.36. The van der Waals surface area contributed by atoms with E-state index in [0.29, 0.717) is 6.67 Å². The largest absolute Gasteiger partial charge is 0.260 e. The van der Waals surface area contributed by atoms with Crippen molar-refractivity contribution in [2.24, 2.45) is 15.9 Å². The summed E-state index contributed by atoms with van der Waals surface area (Å²) in [5.74, 6) is 0.833. The summed E-state index contributed by atoms with van der Waals surface area (Å²) in [7, 11) is 0. The monoisotopic (exact) mass is 176 g/mol. The molecule has 0 saturated heterocycles. The molecule has 0 unspecified atom stereocenters. The zero-order chi connectivity index (χ0) is 9.68. The molecule has 1 heterocycles. The van der Waals surface area contributed by atoms with Crippen LogP contribution in [0.5, 0.6) is 0 Å². The van der Waals surface area contributed by atoms with Crippen molar-refractivity contribution in [2.45, 2.75) is 20.8 Å². The fourth-order valence-corrected chi connectivity index (χ4v) is 0.919. The van der Waals surface area contributed by atoms with Crippen LogP contribution in [0, 0.1) is 5.92 Å². The first-order valence-electron chi connectivity index (χ1n) is 4.64. The van der Waals surface area contributed by atoms with Crippen LogP contribution in [0.3, 0.4) is 0 Å². The van der Waals surface area contributed by atoms with E-state index in [-0.39, 0.29) is 0 Å². The van der Waals surface area contributed by atoms with Gasteiger partial charge in [0.2, 0.25) is 0 Å². The van der Waals surface area contributed by atoms with Gasteiger partial charge in [-0.25, -0.2) is 0 Å². The highest BCUT2D eigenvalue weighted by molar-refractivity contribution is 5.02. The fraction of sp³-hybridized carbons (Fsp3) is 0.455. The highest BCUT2D eigenvalue weighted by Gasteiger charge is 1.90. The molecular weight excluding hydrogens is 160 g/mol. The van der Waals surface area contributed by atoms with Crippen molar-refractivity contribution in [3.05, 3.63) is 35.0 Å². The molecule has 2 nitrogen and oxygen atoms in total. The molecule has 0 amide bonds. The second kappa shape index (κ2) is 4.75. The molecule has 70 valence electrons. The van der Waals surface area contributed by atoms with Crippen molar-refractivity contribution in [3.8, 4) is 0 Å². The molecule has 1 aromatic carbocycles. The van der Waals surface area contributed by atoms with Crippen molar-refractivity contribution < 1.29 is 0 Å². The van der Waals surface area contributed by atoms with E-state index >= 15 is 0 Å². The Morgan fingerprint density at radius 2 is 1.38 bits per heavy atom. The molecule has 1 aliphatic rings. The van der Waals surface area contributed by atoms with Crippen molar-refractivity contribution in [2.75, 3.05) is 6.67 Å². The standard InChI is InChI=1S/C7H6N2.C4H10/c1-2-4-7-6(3-1)8-5-9-7;1-4(2)3/h1-4H,5H2;4H,1-3H3. The number of hydrogen-bond acceptors (Lipinski definition) is 2. The first-order valence-corrected chi connectivity index (χ1v) is 4.64.